The highest BCUT2D eigenvalue weighted by molar-refractivity contribution is 5.43. The Labute approximate surface area is 148 Å². The van der Waals surface area contributed by atoms with Crippen LogP contribution in [0.15, 0.2) is 42.5 Å². The molecule has 0 saturated heterocycles. The topological polar surface area (TPSA) is 39.7 Å². The van der Waals surface area contributed by atoms with Gasteiger partial charge >= 0.3 is 0 Å². The summed E-state index contributed by atoms with van der Waals surface area (Å²) in [6, 6.07) is 12.5. The fourth-order valence-corrected chi connectivity index (χ4v) is 2.37. The molecule has 4 nitrogen and oxygen atoms in total. The lowest BCUT2D eigenvalue weighted by Crippen LogP contribution is -2.26. The number of rotatable bonds is 10. The summed E-state index contributed by atoms with van der Waals surface area (Å²) in [5, 5.41) is 3.46. The van der Waals surface area contributed by atoms with E-state index in [0.717, 1.165) is 30.7 Å². The Morgan fingerprint density at radius 2 is 1.72 bits per heavy atom. The molecule has 0 aliphatic rings. The molecule has 0 radical (unpaired) electrons. The Morgan fingerprint density at radius 1 is 1.00 bits per heavy atom. The van der Waals surface area contributed by atoms with Gasteiger partial charge in [-0.25, -0.2) is 4.39 Å². The van der Waals surface area contributed by atoms with Crippen LogP contribution in [0.3, 0.4) is 0 Å². The van der Waals surface area contributed by atoms with Gasteiger partial charge in [0, 0.05) is 26.3 Å². The minimum absolute atomic E-state index is 0.252. The molecule has 2 rings (SSSR count). The van der Waals surface area contributed by atoms with E-state index in [9.17, 15) is 4.39 Å². The van der Waals surface area contributed by atoms with Crippen LogP contribution >= 0.6 is 0 Å². The maximum absolute atomic E-state index is 12.9. The Morgan fingerprint density at radius 3 is 2.40 bits per heavy atom. The highest BCUT2D eigenvalue weighted by Crippen LogP contribution is 2.29. The Hall–Kier alpha value is -2.11. The van der Waals surface area contributed by atoms with Crippen molar-refractivity contribution >= 4 is 0 Å². The van der Waals surface area contributed by atoms with E-state index in [1.54, 1.807) is 26.4 Å². The van der Waals surface area contributed by atoms with Crippen molar-refractivity contribution in [3.05, 3.63) is 59.4 Å². The molecule has 0 heterocycles. The lowest BCUT2D eigenvalue weighted by Gasteiger charge is -2.15. The number of methoxy groups -OCH3 is 2. The fraction of sp³-hybridized carbons (Fsp3) is 0.400. The Balaban J connectivity index is 1.92. The molecule has 1 atom stereocenters. The molecule has 0 fully saturated rings. The molecular weight excluding hydrogens is 321 g/mol. The average molecular weight is 347 g/mol. The molecule has 1 unspecified atom stereocenters. The van der Waals surface area contributed by atoms with Gasteiger partial charge in [-0.1, -0.05) is 18.2 Å². The van der Waals surface area contributed by atoms with Crippen LogP contribution in [0.2, 0.25) is 0 Å². The van der Waals surface area contributed by atoms with Crippen LogP contribution in [0.1, 0.15) is 24.5 Å². The molecule has 0 amide bonds. The minimum atomic E-state index is -0.252. The zero-order valence-corrected chi connectivity index (χ0v) is 15.0. The first-order valence-electron chi connectivity index (χ1n) is 8.39. The van der Waals surface area contributed by atoms with Crippen LogP contribution in [0.5, 0.6) is 11.5 Å². The van der Waals surface area contributed by atoms with Crippen molar-refractivity contribution < 1.29 is 18.6 Å². The van der Waals surface area contributed by atoms with Crippen molar-refractivity contribution in [1.82, 2.24) is 5.32 Å². The number of hydrogen-bond acceptors (Lipinski definition) is 4. The molecule has 0 spiro atoms. The SMILES string of the molecule is COCCC(C)NCc1ccc(OCc2ccc(F)cc2)c(OC)c1. The summed E-state index contributed by atoms with van der Waals surface area (Å²) in [6.45, 7) is 3.99. The van der Waals surface area contributed by atoms with Crippen molar-refractivity contribution in [2.75, 3.05) is 20.8 Å². The summed E-state index contributed by atoms with van der Waals surface area (Å²) < 4.78 is 29.3. The van der Waals surface area contributed by atoms with Crippen molar-refractivity contribution in [3.63, 3.8) is 0 Å². The molecule has 0 aliphatic carbocycles. The maximum Gasteiger partial charge on any atom is 0.161 e. The number of ether oxygens (including phenoxy) is 3. The van der Waals surface area contributed by atoms with E-state index in [2.05, 4.69) is 12.2 Å². The highest BCUT2D eigenvalue weighted by Gasteiger charge is 2.08. The molecule has 25 heavy (non-hydrogen) atoms. The van der Waals surface area contributed by atoms with Gasteiger partial charge in [-0.2, -0.15) is 0 Å². The van der Waals surface area contributed by atoms with Crippen LogP contribution in [-0.4, -0.2) is 26.9 Å². The molecule has 2 aromatic rings. The molecule has 5 heteroatoms. The van der Waals surface area contributed by atoms with Gasteiger partial charge in [-0.15, -0.1) is 0 Å². The highest BCUT2D eigenvalue weighted by atomic mass is 19.1. The van der Waals surface area contributed by atoms with Crippen molar-refractivity contribution in [2.24, 2.45) is 0 Å². The Bertz CT molecular complexity index is 646. The monoisotopic (exact) mass is 347 g/mol. The van der Waals surface area contributed by atoms with Crippen molar-refractivity contribution in [1.29, 1.82) is 0 Å². The second-order valence-corrected chi connectivity index (χ2v) is 5.96. The zero-order valence-electron chi connectivity index (χ0n) is 15.0. The minimum Gasteiger partial charge on any atom is -0.493 e. The summed E-state index contributed by atoms with van der Waals surface area (Å²) >= 11 is 0. The molecule has 0 bridgehead atoms. The van der Waals surface area contributed by atoms with Gasteiger partial charge in [0.05, 0.1) is 7.11 Å². The number of benzene rings is 2. The molecule has 2 aromatic carbocycles. The largest absolute Gasteiger partial charge is 0.493 e. The van der Waals surface area contributed by atoms with Gasteiger partial charge in [-0.3, -0.25) is 0 Å². The van der Waals surface area contributed by atoms with Crippen molar-refractivity contribution in [3.8, 4) is 11.5 Å². The summed E-state index contributed by atoms with van der Waals surface area (Å²) in [5.41, 5.74) is 2.02. The number of halogens is 1. The van der Waals surface area contributed by atoms with Crippen molar-refractivity contribution in [2.45, 2.75) is 32.5 Å². The number of hydrogen-bond donors (Lipinski definition) is 1. The van der Waals surface area contributed by atoms with Crippen LogP contribution in [0.4, 0.5) is 4.39 Å². The lowest BCUT2D eigenvalue weighted by molar-refractivity contribution is 0.184. The maximum atomic E-state index is 12.9. The second-order valence-electron chi connectivity index (χ2n) is 5.96. The normalized spacial score (nSPS) is 12.0. The first-order chi connectivity index (χ1) is 12.1. The molecule has 0 aromatic heterocycles. The van der Waals surface area contributed by atoms with Crippen LogP contribution in [0, 0.1) is 5.82 Å². The summed E-state index contributed by atoms with van der Waals surface area (Å²) in [4.78, 5) is 0. The predicted molar refractivity (Wildman–Crippen MR) is 96.5 cm³/mol. The van der Waals surface area contributed by atoms with Gasteiger partial charge in [0.2, 0.25) is 0 Å². The molecular formula is C20H26FNO3. The quantitative estimate of drug-likeness (QED) is 0.707. The van der Waals surface area contributed by atoms with Crippen LogP contribution < -0.4 is 14.8 Å². The standard InChI is InChI=1S/C20H26FNO3/c1-15(10-11-23-2)22-13-17-6-9-19(20(12-17)24-3)25-14-16-4-7-18(21)8-5-16/h4-9,12,15,22H,10-11,13-14H2,1-3H3. The van der Waals surface area contributed by atoms with E-state index in [4.69, 9.17) is 14.2 Å². The van der Waals surface area contributed by atoms with E-state index in [0.29, 0.717) is 24.1 Å². The van der Waals surface area contributed by atoms with Gasteiger partial charge in [0.1, 0.15) is 12.4 Å². The third-order valence-electron chi connectivity index (χ3n) is 3.95. The smallest absolute Gasteiger partial charge is 0.161 e. The van der Waals surface area contributed by atoms with Crippen LogP contribution in [-0.2, 0) is 17.9 Å². The molecule has 1 N–H and O–H groups in total. The first-order valence-corrected chi connectivity index (χ1v) is 8.39. The number of nitrogens with one attached hydrogen (secondary N) is 1. The molecule has 0 aliphatic heterocycles. The summed E-state index contributed by atoms with van der Waals surface area (Å²) in [7, 11) is 3.33. The first kappa shape index (κ1) is 19.2. The van der Waals surface area contributed by atoms with E-state index in [1.165, 1.54) is 12.1 Å². The lowest BCUT2D eigenvalue weighted by atomic mass is 10.1. The van der Waals surface area contributed by atoms with E-state index < -0.39 is 0 Å². The zero-order chi connectivity index (χ0) is 18.1. The van der Waals surface area contributed by atoms with E-state index in [-0.39, 0.29) is 5.82 Å². The van der Waals surface area contributed by atoms with Gasteiger partial charge in [0.15, 0.2) is 11.5 Å². The molecule has 136 valence electrons. The average Bonchev–Trinajstić information content (AvgIpc) is 2.64. The van der Waals surface area contributed by atoms with E-state index in [1.807, 2.05) is 18.2 Å². The molecule has 0 saturated carbocycles. The Kier molecular flexibility index (Phi) is 7.70. The van der Waals surface area contributed by atoms with Gasteiger partial charge in [0.25, 0.3) is 0 Å². The third-order valence-corrected chi connectivity index (χ3v) is 3.95. The fourth-order valence-electron chi connectivity index (χ4n) is 2.37. The van der Waals surface area contributed by atoms with Gasteiger partial charge < -0.3 is 19.5 Å². The third kappa shape index (κ3) is 6.36. The van der Waals surface area contributed by atoms with Gasteiger partial charge in [-0.05, 0) is 48.7 Å². The van der Waals surface area contributed by atoms with E-state index >= 15 is 0 Å². The summed E-state index contributed by atoms with van der Waals surface area (Å²) in [6.07, 6.45) is 0.965. The second kappa shape index (κ2) is 10.0. The van der Waals surface area contributed by atoms with Crippen LogP contribution in [0.25, 0.3) is 0 Å². The predicted octanol–water partition coefficient (Wildman–Crippen LogP) is 3.93. The summed E-state index contributed by atoms with van der Waals surface area (Å²) in [5.74, 6) is 1.10.